The number of anilines is 1. The number of hydrogen-bond acceptors (Lipinski definition) is 7. The van der Waals surface area contributed by atoms with Gasteiger partial charge in [0.2, 0.25) is 5.91 Å². The van der Waals surface area contributed by atoms with Crippen LogP contribution >= 0.6 is 0 Å². The third-order valence-corrected chi connectivity index (χ3v) is 6.40. The molecule has 33 heavy (non-hydrogen) atoms. The van der Waals surface area contributed by atoms with Crippen molar-refractivity contribution >= 4 is 23.5 Å². The van der Waals surface area contributed by atoms with E-state index in [9.17, 15) is 14.4 Å². The molecule has 1 aromatic carbocycles. The third kappa shape index (κ3) is 3.79. The van der Waals surface area contributed by atoms with Crippen molar-refractivity contribution in [1.29, 1.82) is 0 Å². The van der Waals surface area contributed by atoms with E-state index < -0.39 is 17.4 Å². The van der Waals surface area contributed by atoms with Crippen molar-refractivity contribution in [3.05, 3.63) is 35.9 Å². The second-order valence-electron chi connectivity index (χ2n) is 8.47. The number of nitrogens with one attached hydrogen (secondary N) is 1. The molecule has 0 spiro atoms. The van der Waals surface area contributed by atoms with Crippen molar-refractivity contribution in [2.45, 2.75) is 50.7 Å². The average molecular weight is 456 g/mol. The van der Waals surface area contributed by atoms with Gasteiger partial charge in [0.15, 0.2) is 17.2 Å². The Balaban J connectivity index is 1.83. The first-order chi connectivity index (χ1) is 15.8. The van der Waals surface area contributed by atoms with Crippen LogP contribution in [0.3, 0.4) is 0 Å². The minimum absolute atomic E-state index is 0.0720. The first-order valence-corrected chi connectivity index (χ1v) is 10.8. The van der Waals surface area contributed by atoms with E-state index in [1.54, 1.807) is 29.7 Å². The molecule has 10 nitrogen and oxygen atoms in total. The Kier molecular flexibility index (Phi) is 6.01. The zero-order chi connectivity index (χ0) is 23.8. The van der Waals surface area contributed by atoms with E-state index in [0.717, 1.165) is 25.7 Å². The van der Waals surface area contributed by atoms with Crippen molar-refractivity contribution in [2.75, 3.05) is 26.2 Å². The number of methoxy groups -OCH3 is 3. The van der Waals surface area contributed by atoms with Gasteiger partial charge in [0, 0.05) is 17.8 Å². The van der Waals surface area contributed by atoms with E-state index in [2.05, 4.69) is 10.3 Å². The number of aromatic nitrogens is 2. The molecule has 1 aliphatic heterocycles. The highest BCUT2D eigenvalue weighted by atomic mass is 16.5. The summed E-state index contributed by atoms with van der Waals surface area (Å²) in [6, 6.07) is 5.07. The van der Waals surface area contributed by atoms with E-state index in [-0.39, 0.29) is 29.9 Å². The molecular weight excluding hydrogens is 428 g/mol. The van der Waals surface area contributed by atoms with Crippen LogP contribution in [0.1, 0.15) is 53.6 Å². The van der Waals surface area contributed by atoms with Crippen LogP contribution in [-0.4, -0.2) is 60.2 Å². The number of amides is 2. The Hall–Kier alpha value is -3.56. The predicted octanol–water partition coefficient (Wildman–Crippen LogP) is 2.16. The normalized spacial score (nSPS) is 20.4. The van der Waals surface area contributed by atoms with E-state index in [4.69, 9.17) is 14.2 Å². The van der Waals surface area contributed by atoms with Crippen LogP contribution in [0.5, 0.6) is 11.5 Å². The van der Waals surface area contributed by atoms with E-state index in [0.29, 0.717) is 17.2 Å². The maximum absolute atomic E-state index is 13.8. The molecule has 0 unspecified atom stereocenters. The molecule has 176 valence electrons. The number of esters is 1. The zero-order valence-corrected chi connectivity index (χ0v) is 19.2. The van der Waals surface area contributed by atoms with Gasteiger partial charge in [0.05, 0.1) is 34.2 Å². The molecule has 1 aromatic heterocycles. The van der Waals surface area contributed by atoms with Gasteiger partial charge in [0.1, 0.15) is 11.2 Å². The van der Waals surface area contributed by atoms with E-state index in [1.807, 2.05) is 0 Å². The molecule has 1 saturated carbocycles. The first kappa shape index (κ1) is 22.6. The Morgan fingerprint density at radius 3 is 2.45 bits per heavy atom. The first-order valence-electron chi connectivity index (χ1n) is 10.8. The van der Waals surface area contributed by atoms with Crippen LogP contribution in [-0.2, 0) is 16.1 Å². The second-order valence-corrected chi connectivity index (χ2v) is 8.47. The van der Waals surface area contributed by atoms with Gasteiger partial charge in [-0.3, -0.25) is 14.5 Å². The summed E-state index contributed by atoms with van der Waals surface area (Å²) in [5.74, 6) is -0.618. The van der Waals surface area contributed by atoms with Crippen LogP contribution in [0.15, 0.2) is 24.5 Å². The second kappa shape index (κ2) is 8.76. The SMILES string of the molecule is COC(=O)c1ncn2c1C(=O)N(c1ccc(OC)c(OC)c1)[C@](C)(C(=O)NC1CCCC1)C2. The van der Waals surface area contributed by atoms with Crippen LogP contribution < -0.4 is 19.7 Å². The lowest BCUT2D eigenvalue weighted by Gasteiger charge is -2.44. The molecule has 1 N–H and O–H groups in total. The lowest BCUT2D eigenvalue weighted by atomic mass is 9.92. The van der Waals surface area contributed by atoms with Crippen molar-refractivity contribution < 1.29 is 28.6 Å². The molecule has 10 heteroatoms. The fourth-order valence-corrected chi connectivity index (χ4v) is 4.66. The number of benzene rings is 1. The largest absolute Gasteiger partial charge is 0.493 e. The van der Waals surface area contributed by atoms with Gasteiger partial charge in [-0.25, -0.2) is 9.78 Å². The summed E-state index contributed by atoms with van der Waals surface area (Å²) in [7, 11) is 4.24. The van der Waals surface area contributed by atoms with E-state index in [1.165, 1.54) is 32.6 Å². The van der Waals surface area contributed by atoms with E-state index >= 15 is 0 Å². The van der Waals surface area contributed by atoms with Gasteiger partial charge in [-0.15, -0.1) is 0 Å². The number of nitrogens with zero attached hydrogens (tertiary/aromatic N) is 3. The summed E-state index contributed by atoms with van der Waals surface area (Å²) in [4.78, 5) is 45.2. The predicted molar refractivity (Wildman–Crippen MR) is 119 cm³/mol. The fraction of sp³-hybridized carbons (Fsp3) is 0.478. The van der Waals surface area contributed by atoms with Crippen LogP contribution in [0.2, 0.25) is 0 Å². The molecule has 0 radical (unpaired) electrons. The Labute approximate surface area is 191 Å². The summed E-state index contributed by atoms with van der Waals surface area (Å²) < 4.78 is 17.1. The Morgan fingerprint density at radius 1 is 1.12 bits per heavy atom. The summed E-state index contributed by atoms with van der Waals surface area (Å²) in [5, 5.41) is 3.12. The van der Waals surface area contributed by atoms with Gasteiger partial charge in [-0.2, -0.15) is 0 Å². The lowest BCUT2D eigenvalue weighted by molar-refractivity contribution is -0.127. The molecule has 2 aromatic rings. The molecule has 4 rings (SSSR count). The number of carbonyl (C=O) groups is 3. The van der Waals surface area contributed by atoms with Crippen LogP contribution in [0.25, 0.3) is 0 Å². The third-order valence-electron chi connectivity index (χ3n) is 6.40. The zero-order valence-electron chi connectivity index (χ0n) is 19.2. The monoisotopic (exact) mass is 456 g/mol. The summed E-state index contributed by atoms with van der Waals surface area (Å²) >= 11 is 0. The standard InChI is InChI=1S/C23H28N4O6/c1-23(22(30)25-14-7-5-6-8-14)12-26-13-24-18(21(29)33-4)19(26)20(28)27(23)15-9-10-16(31-2)17(11-15)32-3/h9-11,13-14H,5-8,12H2,1-4H3,(H,25,30)/t23-/m0/s1. The molecule has 1 fully saturated rings. The van der Waals surface area contributed by atoms with Gasteiger partial charge < -0.3 is 24.1 Å². The Morgan fingerprint density at radius 2 is 1.82 bits per heavy atom. The smallest absolute Gasteiger partial charge is 0.359 e. The topological polar surface area (TPSA) is 112 Å². The maximum atomic E-state index is 13.8. The van der Waals surface area contributed by atoms with Gasteiger partial charge in [-0.05, 0) is 31.9 Å². The highest BCUT2D eigenvalue weighted by molar-refractivity contribution is 6.15. The number of ether oxygens (including phenoxy) is 3. The van der Waals surface area contributed by atoms with Crippen molar-refractivity contribution in [2.24, 2.45) is 0 Å². The summed E-state index contributed by atoms with van der Waals surface area (Å²) in [6.45, 7) is 1.83. The minimum Gasteiger partial charge on any atom is -0.493 e. The highest BCUT2D eigenvalue weighted by Gasteiger charge is 2.50. The van der Waals surface area contributed by atoms with Gasteiger partial charge in [-0.1, -0.05) is 12.8 Å². The maximum Gasteiger partial charge on any atom is 0.359 e. The highest BCUT2D eigenvalue weighted by Crippen LogP contribution is 2.38. The molecule has 1 atom stereocenters. The molecule has 2 aliphatic rings. The fourth-order valence-electron chi connectivity index (χ4n) is 4.66. The molecule has 0 saturated heterocycles. The number of fused-ring (bicyclic) bond motifs is 1. The van der Waals surface area contributed by atoms with Crippen molar-refractivity contribution in [3.63, 3.8) is 0 Å². The molecule has 2 amide bonds. The Bertz CT molecular complexity index is 1090. The number of hydrogen-bond donors (Lipinski definition) is 1. The van der Waals surface area contributed by atoms with Crippen LogP contribution in [0, 0.1) is 0 Å². The quantitative estimate of drug-likeness (QED) is 0.663. The lowest BCUT2D eigenvalue weighted by Crippen LogP contribution is -2.65. The summed E-state index contributed by atoms with van der Waals surface area (Å²) in [5.41, 5.74) is -0.862. The number of rotatable bonds is 6. The average Bonchev–Trinajstić information content (AvgIpc) is 3.48. The number of carbonyl (C=O) groups excluding carboxylic acids is 3. The van der Waals surface area contributed by atoms with Gasteiger partial charge in [0.25, 0.3) is 5.91 Å². The molecular formula is C23H28N4O6. The summed E-state index contributed by atoms with van der Waals surface area (Å²) in [6.07, 6.45) is 5.35. The molecule has 1 aliphatic carbocycles. The van der Waals surface area contributed by atoms with Crippen molar-refractivity contribution in [3.8, 4) is 11.5 Å². The molecule has 0 bridgehead atoms. The van der Waals surface area contributed by atoms with Crippen molar-refractivity contribution in [1.82, 2.24) is 14.9 Å². The van der Waals surface area contributed by atoms with Gasteiger partial charge >= 0.3 is 5.97 Å². The number of imidazole rings is 1. The minimum atomic E-state index is -1.28. The van der Waals surface area contributed by atoms with Crippen LogP contribution in [0.4, 0.5) is 5.69 Å². The molecule has 2 heterocycles.